The Morgan fingerprint density at radius 2 is 2.05 bits per heavy atom. The number of ether oxygens (including phenoxy) is 1. The average molecular weight is 363 g/mol. The van der Waals surface area contributed by atoms with E-state index in [1.807, 2.05) is 6.92 Å². The Morgan fingerprint density at radius 3 is 2.55 bits per heavy atom. The first-order chi connectivity index (χ1) is 9.32. The lowest BCUT2D eigenvalue weighted by Gasteiger charge is -2.27. The highest BCUT2D eigenvalue weighted by Crippen LogP contribution is 2.21. The smallest absolute Gasteiger partial charge is 0.331 e. The van der Waals surface area contributed by atoms with E-state index in [9.17, 15) is 9.59 Å². The van der Waals surface area contributed by atoms with Crippen LogP contribution >= 0.6 is 27.5 Å². The monoisotopic (exact) mass is 361 g/mol. The van der Waals surface area contributed by atoms with Gasteiger partial charge in [0.25, 0.3) is 5.91 Å². The standard InChI is InChI=1S/C14H17BrClNO3/c1-4-5-14(2,13(19)20-3)17-12(18)9-6-10(15)8-11(16)7-9/h6-8H,4-5H2,1-3H3,(H,17,18). The van der Waals surface area contributed by atoms with Crippen molar-refractivity contribution < 1.29 is 14.3 Å². The van der Waals surface area contributed by atoms with E-state index in [0.717, 1.165) is 6.42 Å². The van der Waals surface area contributed by atoms with Crippen molar-refractivity contribution in [3.05, 3.63) is 33.3 Å². The Morgan fingerprint density at radius 1 is 1.40 bits per heavy atom. The lowest BCUT2D eigenvalue weighted by atomic mass is 9.95. The topological polar surface area (TPSA) is 55.4 Å². The van der Waals surface area contributed by atoms with Crippen molar-refractivity contribution in [3.63, 3.8) is 0 Å². The van der Waals surface area contributed by atoms with E-state index in [0.29, 0.717) is 21.5 Å². The lowest BCUT2D eigenvalue weighted by molar-refractivity contribution is -0.147. The second-order valence-electron chi connectivity index (χ2n) is 4.69. The molecule has 0 radical (unpaired) electrons. The predicted octanol–water partition coefficient (Wildman–Crippen LogP) is 3.56. The molecule has 0 aliphatic carbocycles. The van der Waals surface area contributed by atoms with Crippen molar-refractivity contribution in [2.45, 2.75) is 32.2 Å². The van der Waals surface area contributed by atoms with Gasteiger partial charge in [-0.3, -0.25) is 4.79 Å². The molecular weight excluding hydrogens is 346 g/mol. The Balaban J connectivity index is 2.99. The number of amides is 1. The van der Waals surface area contributed by atoms with Gasteiger partial charge in [0, 0.05) is 15.1 Å². The largest absolute Gasteiger partial charge is 0.467 e. The van der Waals surface area contributed by atoms with Crippen LogP contribution in [0.25, 0.3) is 0 Å². The minimum absolute atomic E-state index is 0.366. The number of methoxy groups -OCH3 is 1. The number of carbonyl (C=O) groups is 2. The summed E-state index contributed by atoms with van der Waals surface area (Å²) in [6.07, 6.45) is 1.23. The van der Waals surface area contributed by atoms with Gasteiger partial charge >= 0.3 is 5.97 Å². The van der Waals surface area contributed by atoms with E-state index in [1.54, 1.807) is 25.1 Å². The SMILES string of the molecule is CCCC(C)(NC(=O)c1cc(Cl)cc(Br)c1)C(=O)OC. The number of nitrogens with one attached hydrogen (secondary N) is 1. The summed E-state index contributed by atoms with van der Waals surface area (Å²) in [4.78, 5) is 24.1. The van der Waals surface area contributed by atoms with Gasteiger partial charge in [-0.15, -0.1) is 0 Å². The quantitative estimate of drug-likeness (QED) is 0.815. The zero-order chi connectivity index (χ0) is 15.3. The molecular formula is C14H17BrClNO3. The van der Waals surface area contributed by atoms with Crippen LogP contribution in [0, 0.1) is 0 Å². The third-order valence-corrected chi connectivity index (χ3v) is 3.58. The molecule has 0 saturated heterocycles. The molecule has 20 heavy (non-hydrogen) atoms. The third-order valence-electron chi connectivity index (χ3n) is 2.90. The van der Waals surface area contributed by atoms with Crippen molar-refractivity contribution in [2.75, 3.05) is 7.11 Å². The summed E-state index contributed by atoms with van der Waals surface area (Å²) in [6.45, 7) is 3.59. The van der Waals surface area contributed by atoms with Gasteiger partial charge in [0.2, 0.25) is 0 Å². The maximum atomic E-state index is 12.3. The van der Waals surface area contributed by atoms with Gasteiger partial charge in [-0.25, -0.2) is 4.79 Å². The molecule has 0 aliphatic heterocycles. The molecule has 0 aromatic heterocycles. The molecule has 110 valence electrons. The minimum Gasteiger partial charge on any atom is -0.467 e. The predicted molar refractivity (Wildman–Crippen MR) is 81.9 cm³/mol. The highest BCUT2D eigenvalue weighted by molar-refractivity contribution is 9.10. The fourth-order valence-electron chi connectivity index (χ4n) is 1.95. The van der Waals surface area contributed by atoms with E-state index >= 15 is 0 Å². The van der Waals surface area contributed by atoms with Crippen molar-refractivity contribution in [1.29, 1.82) is 0 Å². The average Bonchev–Trinajstić information content (AvgIpc) is 2.36. The second kappa shape index (κ2) is 7.09. The second-order valence-corrected chi connectivity index (χ2v) is 6.04. The molecule has 1 unspecified atom stereocenters. The Labute approximate surface area is 132 Å². The van der Waals surface area contributed by atoms with Crippen molar-refractivity contribution in [3.8, 4) is 0 Å². The van der Waals surface area contributed by atoms with Gasteiger partial charge in [-0.1, -0.05) is 40.9 Å². The number of hydrogen-bond acceptors (Lipinski definition) is 3. The fraction of sp³-hybridized carbons (Fsp3) is 0.429. The van der Waals surface area contributed by atoms with E-state index in [2.05, 4.69) is 21.2 Å². The van der Waals surface area contributed by atoms with Crippen LogP contribution in [0.1, 0.15) is 37.0 Å². The summed E-state index contributed by atoms with van der Waals surface area (Å²) < 4.78 is 5.46. The normalized spacial score (nSPS) is 13.4. The van der Waals surface area contributed by atoms with Gasteiger partial charge in [-0.2, -0.15) is 0 Å². The van der Waals surface area contributed by atoms with Crippen LogP contribution in [0.2, 0.25) is 5.02 Å². The first kappa shape index (κ1) is 17.0. The van der Waals surface area contributed by atoms with Gasteiger partial charge in [0.05, 0.1) is 7.11 Å². The molecule has 1 atom stereocenters. The number of halogens is 2. The maximum absolute atomic E-state index is 12.3. The van der Waals surface area contributed by atoms with Crippen molar-refractivity contribution >= 4 is 39.4 Å². The summed E-state index contributed by atoms with van der Waals surface area (Å²) in [5.74, 6) is -0.830. The molecule has 0 saturated carbocycles. The minimum atomic E-state index is -1.05. The van der Waals surface area contributed by atoms with Crippen LogP contribution in [0.3, 0.4) is 0 Å². The molecule has 4 nitrogen and oxygen atoms in total. The van der Waals surface area contributed by atoms with Gasteiger partial charge in [-0.05, 0) is 31.5 Å². The van der Waals surface area contributed by atoms with Crippen LogP contribution in [-0.4, -0.2) is 24.5 Å². The van der Waals surface area contributed by atoms with Crippen LogP contribution in [0.15, 0.2) is 22.7 Å². The van der Waals surface area contributed by atoms with Gasteiger partial charge < -0.3 is 10.1 Å². The molecule has 0 spiro atoms. The molecule has 0 bridgehead atoms. The molecule has 1 N–H and O–H groups in total. The summed E-state index contributed by atoms with van der Waals surface area (Å²) in [5, 5.41) is 3.17. The molecule has 1 aromatic rings. The van der Waals surface area contributed by atoms with Crippen LogP contribution in [0.5, 0.6) is 0 Å². The van der Waals surface area contributed by atoms with Gasteiger partial charge in [0.15, 0.2) is 0 Å². The van der Waals surface area contributed by atoms with E-state index in [-0.39, 0.29) is 5.91 Å². The highest BCUT2D eigenvalue weighted by Gasteiger charge is 2.35. The number of carbonyl (C=O) groups excluding carboxylic acids is 2. The van der Waals surface area contributed by atoms with Crippen LogP contribution in [0.4, 0.5) is 0 Å². The van der Waals surface area contributed by atoms with Crippen LogP contribution < -0.4 is 5.32 Å². The Bertz CT molecular complexity index is 501. The lowest BCUT2D eigenvalue weighted by Crippen LogP contribution is -2.52. The molecule has 0 heterocycles. The highest BCUT2D eigenvalue weighted by atomic mass is 79.9. The van der Waals surface area contributed by atoms with Gasteiger partial charge in [0.1, 0.15) is 5.54 Å². The molecule has 6 heteroatoms. The van der Waals surface area contributed by atoms with E-state index < -0.39 is 11.5 Å². The number of benzene rings is 1. The summed E-state index contributed by atoms with van der Waals surface area (Å²) in [7, 11) is 1.30. The molecule has 0 fully saturated rings. The number of hydrogen-bond donors (Lipinski definition) is 1. The molecule has 1 aromatic carbocycles. The van der Waals surface area contributed by atoms with Crippen LogP contribution in [-0.2, 0) is 9.53 Å². The number of rotatable bonds is 5. The fourth-order valence-corrected chi connectivity index (χ4v) is 2.81. The Hall–Kier alpha value is -1.07. The van der Waals surface area contributed by atoms with E-state index in [4.69, 9.17) is 16.3 Å². The maximum Gasteiger partial charge on any atom is 0.331 e. The molecule has 0 aliphatic rings. The first-order valence-corrected chi connectivity index (χ1v) is 7.36. The number of esters is 1. The first-order valence-electron chi connectivity index (χ1n) is 6.19. The molecule has 1 rings (SSSR count). The summed E-state index contributed by atoms with van der Waals surface area (Å²) >= 11 is 9.19. The summed E-state index contributed by atoms with van der Waals surface area (Å²) in [5.41, 5.74) is -0.661. The zero-order valence-electron chi connectivity index (χ0n) is 11.6. The van der Waals surface area contributed by atoms with E-state index in [1.165, 1.54) is 7.11 Å². The van der Waals surface area contributed by atoms with Crippen molar-refractivity contribution in [2.24, 2.45) is 0 Å². The zero-order valence-corrected chi connectivity index (χ0v) is 14.0. The van der Waals surface area contributed by atoms with Crippen molar-refractivity contribution in [1.82, 2.24) is 5.32 Å². The third kappa shape index (κ3) is 4.21. The molecule has 1 amide bonds. The summed E-state index contributed by atoms with van der Waals surface area (Å²) in [6, 6.07) is 4.88. The Kier molecular flexibility index (Phi) is 6.02.